The van der Waals surface area contributed by atoms with E-state index < -0.39 is 17.1 Å². The van der Waals surface area contributed by atoms with Crippen molar-refractivity contribution in [2.75, 3.05) is 0 Å². The SMILES string of the molecule is O=[N+]([O-])c1ccc(C(O)O)o1. The first kappa shape index (κ1) is 7.70. The average molecular weight is 159 g/mol. The molecule has 6 heteroatoms. The highest BCUT2D eigenvalue weighted by Crippen LogP contribution is 2.19. The zero-order chi connectivity index (χ0) is 8.43. The molecule has 1 heterocycles. The Bertz CT molecular complexity index is 266. The van der Waals surface area contributed by atoms with E-state index in [0.29, 0.717) is 0 Å². The maximum absolute atomic E-state index is 9.99. The zero-order valence-electron chi connectivity index (χ0n) is 5.30. The predicted molar refractivity (Wildman–Crippen MR) is 32.5 cm³/mol. The second kappa shape index (κ2) is 2.69. The molecule has 0 amide bonds. The van der Waals surface area contributed by atoms with Crippen LogP contribution in [0.3, 0.4) is 0 Å². The summed E-state index contributed by atoms with van der Waals surface area (Å²) in [4.78, 5) is 9.23. The third-order valence-corrected chi connectivity index (χ3v) is 1.05. The summed E-state index contributed by atoms with van der Waals surface area (Å²) in [6, 6.07) is 2.18. The molecule has 0 fully saturated rings. The lowest BCUT2D eigenvalue weighted by Crippen LogP contribution is -1.91. The lowest BCUT2D eigenvalue weighted by Gasteiger charge is -1.93. The van der Waals surface area contributed by atoms with Crippen molar-refractivity contribution in [3.63, 3.8) is 0 Å². The van der Waals surface area contributed by atoms with Crippen molar-refractivity contribution in [1.82, 2.24) is 0 Å². The van der Waals surface area contributed by atoms with Gasteiger partial charge in [-0.05, 0) is 6.07 Å². The number of aliphatic hydroxyl groups is 2. The van der Waals surface area contributed by atoms with Crippen molar-refractivity contribution in [2.45, 2.75) is 6.29 Å². The van der Waals surface area contributed by atoms with Gasteiger partial charge in [-0.15, -0.1) is 0 Å². The molecular formula is C5H5NO5. The molecule has 0 saturated carbocycles. The van der Waals surface area contributed by atoms with E-state index in [-0.39, 0.29) is 5.76 Å². The predicted octanol–water partition coefficient (Wildman–Crippen LogP) is 0.171. The number of nitro groups is 1. The molecule has 0 atom stereocenters. The molecule has 0 aliphatic carbocycles. The van der Waals surface area contributed by atoms with E-state index in [0.717, 1.165) is 12.1 Å². The molecule has 0 radical (unpaired) electrons. The quantitative estimate of drug-likeness (QED) is 0.364. The van der Waals surface area contributed by atoms with Crippen molar-refractivity contribution in [3.05, 3.63) is 28.0 Å². The fourth-order valence-electron chi connectivity index (χ4n) is 0.579. The van der Waals surface area contributed by atoms with E-state index in [2.05, 4.69) is 4.42 Å². The van der Waals surface area contributed by atoms with Crippen molar-refractivity contribution >= 4 is 5.88 Å². The van der Waals surface area contributed by atoms with E-state index in [4.69, 9.17) is 10.2 Å². The van der Waals surface area contributed by atoms with Crippen LogP contribution in [0.1, 0.15) is 12.1 Å². The van der Waals surface area contributed by atoms with Crippen LogP contribution in [-0.2, 0) is 0 Å². The molecule has 0 bridgehead atoms. The van der Waals surface area contributed by atoms with E-state index >= 15 is 0 Å². The summed E-state index contributed by atoms with van der Waals surface area (Å²) in [5, 5.41) is 26.9. The van der Waals surface area contributed by atoms with Gasteiger partial charge in [-0.1, -0.05) is 0 Å². The van der Waals surface area contributed by atoms with Crippen LogP contribution in [0.4, 0.5) is 5.88 Å². The smallest absolute Gasteiger partial charge is 0.400 e. The first-order valence-corrected chi connectivity index (χ1v) is 2.71. The Morgan fingerprint density at radius 3 is 2.45 bits per heavy atom. The molecule has 0 unspecified atom stereocenters. The van der Waals surface area contributed by atoms with Gasteiger partial charge in [0.15, 0.2) is 5.76 Å². The Kier molecular flexibility index (Phi) is 1.88. The summed E-state index contributed by atoms with van der Waals surface area (Å²) in [6.07, 6.45) is -1.80. The van der Waals surface area contributed by atoms with Gasteiger partial charge in [-0.2, -0.15) is 0 Å². The topological polar surface area (TPSA) is 96.7 Å². The third kappa shape index (κ3) is 1.54. The molecule has 1 aromatic heterocycles. The zero-order valence-corrected chi connectivity index (χ0v) is 5.30. The highest BCUT2D eigenvalue weighted by molar-refractivity contribution is 5.17. The van der Waals surface area contributed by atoms with E-state index in [1.807, 2.05) is 0 Å². The van der Waals surface area contributed by atoms with Crippen LogP contribution in [0.25, 0.3) is 0 Å². The number of aliphatic hydroxyl groups excluding tert-OH is 1. The second-order valence-corrected chi connectivity index (χ2v) is 1.81. The van der Waals surface area contributed by atoms with Gasteiger partial charge in [0.05, 0.1) is 6.07 Å². The van der Waals surface area contributed by atoms with Crippen LogP contribution < -0.4 is 0 Å². The summed E-state index contributed by atoms with van der Waals surface area (Å²) in [7, 11) is 0. The second-order valence-electron chi connectivity index (χ2n) is 1.81. The lowest BCUT2D eigenvalue weighted by molar-refractivity contribution is -0.402. The van der Waals surface area contributed by atoms with Crippen molar-refractivity contribution < 1.29 is 19.6 Å². The minimum absolute atomic E-state index is 0.239. The van der Waals surface area contributed by atoms with Gasteiger partial charge in [0, 0.05) is 0 Å². The number of hydrogen-bond acceptors (Lipinski definition) is 5. The minimum atomic E-state index is -1.80. The van der Waals surface area contributed by atoms with Gasteiger partial charge in [-0.3, -0.25) is 10.1 Å². The highest BCUT2D eigenvalue weighted by Gasteiger charge is 2.15. The number of rotatable bonds is 2. The molecule has 1 rings (SSSR count). The summed E-state index contributed by atoms with van der Waals surface area (Å²) < 4.78 is 4.41. The monoisotopic (exact) mass is 159 g/mol. The van der Waals surface area contributed by atoms with Gasteiger partial charge < -0.3 is 14.6 Å². The largest absolute Gasteiger partial charge is 0.433 e. The molecule has 1 aromatic rings. The van der Waals surface area contributed by atoms with Crippen LogP contribution in [-0.4, -0.2) is 15.1 Å². The minimum Gasteiger partial charge on any atom is -0.400 e. The number of hydrogen-bond donors (Lipinski definition) is 2. The highest BCUT2D eigenvalue weighted by atomic mass is 16.7. The molecule has 60 valence electrons. The Balaban J connectivity index is 2.90. The standard InChI is InChI=1S/C5H5NO5/c7-5(8)3-1-2-4(11-3)6(9)10/h1-2,5,7-8H. The van der Waals surface area contributed by atoms with E-state index in [9.17, 15) is 10.1 Å². The maximum Gasteiger partial charge on any atom is 0.433 e. The Morgan fingerprint density at radius 1 is 1.55 bits per heavy atom. The molecule has 0 aliphatic rings. The molecule has 2 N–H and O–H groups in total. The Labute approximate surface area is 60.8 Å². The molecule has 0 aromatic carbocycles. The van der Waals surface area contributed by atoms with Gasteiger partial charge in [0.2, 0.25) is 6.29 Å². The van der Waals surface area contributed by atoms with E-state index in [1.165, 1.54) is 0 Å². The summed E-state index contributed by atoms with van der Waals surface area (Å²) in [5.74, 6) is -0.746. The van der Waals surface area contributed by atoms with Gasteiger partial charge in [0.25, 0.3) is 0 Å². The van der Waals surface area contributed by atoms with Crippen LogP contribution >= 0.6 is 0 Å². The van der Waals surface area contributed by atoms with Crippen LogP contribution in [0.2, 0.25) is 0 Å². The van der Waals surface area contributed by atoms with Crippen LogP contribution in [0.5, 0.6) is 0 Å². The molecule has 0 spiro atoms. The van der Waals surface area contributed by atoms with Crippen molar-refractivity contribution in [2.24, 2.45) is 0 Å². The number of furan rings is 1. The van der Waals surface area contributed by atoms with Crippen LogP contribution in [0.15, 0.2) is 16.5 Å². The lowest BCUT2D eigenvalue weighted by atomic mass is 10.4. The molecular weight excluding hydrogens is 154 g/mol. The first-order valence-electron chi connectivity index (χ1n) is 2.71. The Hall–Kier alpha value is -1.40. The van der Waals surface area contributed by atoms with Gasteiger partial charge in [-0.25, -0.2) is 0 Å². The summed E-state index contributed by atoms with van der Waals surface area (Å²) in [5.41, 5.74) is 0. The summed E-state index contributed by atoms with van der Waals surface area (Å²) >= 11 is 0. The fourth-order valence-corrected chi connectivity index (χ4v) is 0.579. The van der Waals surface area contributed by atoms with Crippen LogP contribution in [0, 0.1) is 10.1 Å². The first-order chi connectivity index (χ1) is 5.11. The van der Waals surface area contributed by atoms with Crippen molar-refractivity contribution in [1.29, 1.82) is 0 Å². The molecule has 0 saturated heterocycles. The van der Waals surface area contributed by atoms with E-state index in [1.54, 1.807) is 0 Å². The van der Waals surface area contributed by atoms with Gasteiger partial charge >= 0.3 is 5.88 Å². The normalized spacial score (nSPS) is 10.5. The number of nitrogens with zero attached hydrogens (tertiary/aromatic N) is 1. The average Bonchev–Trinajstić information content (AvgIpc) is 2.33. The Morgan fingerprint density at radius 2 is 2.18 bits per heavy atom. The molecule has 6 nitrogen and oxygen atoms in total. The molecule has 0 aliphatic heterocycles. The fraction of sp³-hybridized carbons (Fsp3) is 0.200. The third-order valence-electron chi connectivity index (χ3n) is 1.05. The summed E-state index contributed by atoms with van der Waals surface area (Å²) in [6.45, 7) is 0. The maximum atomic E-state index is 9.99. The van der Waals surface area contributed by atoms with Crippen molar-refractivity contribution in [3.8, 4) is 0 Å². The molecule has 11 heavy (non-hydrogen) atoms. The van der Waals surface area contributed by atoms with Gasteiger partial charge in [0.1, 0.15) is 4.92 Å².